The van der Waals surface area contributed by atoms with E-state index >= 15 is 0 Å². The third kappa shape index (κ3) is 2.97. The largest absolute Gasteiger partial charge is 0.410 e. The smallest absolute Gasteiger partial charge is 0.355 e. The second kappa shape index (κ2) is 4.29. The number of hydrogen-bond donors (Lipinski definition) is 0. The maximum absolute atomic E-state index is 12.6. The van der Waals surface area contributed by atoms with Gasteiger partial charge in [-0.3, -0.25) is 4.57 Å². The molecule has 0 aromatic carbocycles. The molecule has 0 aliphatic rings. The number of hydrogen-bond acceptors (Lipinski definition) is 3. The Hall–Kier alpha value is 0.370. The van der Waals surface area contributed by atoms with E-state index in [0.717, 1.165) is 7.11 Å². The van der Waals surface area contributed by atoms with Crippen LogP contribution in [0.3, 0.4) is 0 Å². The number of halogens is 2. The molecule has 3 nitrogen and oxygen atoms in total. The third-order valence-corrected chi connectivity index (χ3v) is 2.93. The molecule has 2 unspecified atom stereocenters. The highest BCUT2D eigenvalue weighted by molar-refractivity contribution is 7.55. The molecule has 0 aromatic rings. The van der Waals surface area contributed by atoms with E-state index in [2.05, 4.69) is 9.26 Å². The zero-order valence-electron chi connectivity index (χ0n) is 5.71. The Morgan fingerprint density at radius 1 is 1.80 bits per heavy atom. The molecule has 0 saturated carbocycles. The molecule has 0 bridgehead atoms. The molecule has 2 atom stereocenters. The Kier molecular flexibility index (Phi) is 4.45. The molecular formula is C4H9ClFO3P. The molecule has 0 aliphatic heterocycles. The summed E-state index contributed by atoms with van der Waals surface area (Å²) in [6.07, 6.45) is 0. The molecule has 0 saturated heterocycles. The summed E-state index contributed by atoms with van der Waals surface area (Å²) in [7, 11) is -3.08. The first-order valence-corrected chi connectivity index (χ1v) is 4.67. The van der Waals surface area contributed by atoms with Gasteiger partial charge in [-0.25, -0.2) is 0 Å². The van der Waals surface area contributed by atoms with E-state index in [4.69, 9.17) is 11.6 Å². The van der Waals surface area contributed by atoms with E-state index in [-0.39, 0.29) is 6.61 Å². The Labute approximate surface area is 64.0 Å². The summed E-state index contributed by atoms with van der Waals surface area (Å²) in [6, 6.07) is 0. The van der Waals surface area contributed by atoms with Gasteiger partial charge in [-0.05, 0) is 6.92 Å². The fourth-order valence-electron chi connectivity index (χ4n) is 0.361. The lowest BCUT2D eigenvalue weighted by molar-refractivity contribution is 0.183. The zero-order chi connectivity index (χ0) is 8.20. The normalized spacial score (nSPS) is 20.0. The molecule has 0 aliphatic carbocycles. The van der Waals surface area contributed by atoms with Crippen molar-refractivity contribution in [2.75, 3.05) is 13.7 Å². The van der Waals surface area contributed by atoms with Gasteiger partial charge in [0, 0.05) is 7.11 Å². The van der Waals surface area contributed by atoms with Crippen molar-refractivity contribution >= 4 is 19.3 Å². The summed E-state index contributed by atoms with van der Waals surface area (Å²) in [5, 5.41) is -1.49. The molecule has 0 aromatic heterocycles. The Morgan fingerprint density at radius 2 is 2.30 bits per heavy atom. The standard InChI is InChI=1S/C4H9ClFO3P/c1-3-9-10(6,7)4(5)8-2/h4H,3H2,1-2H3. The minimum Gasteiger partial charge on any atom is -0.355 e. The van der Waals surface area contributed by atoms with Gasteiger partial charge in [0.2, 0.25) is 5.30 Å². The first-order chi connectivity index (χ1) is 4.54. The summed E-state index contributed by atoms with van der Waals surface area (Å²) in [4.78, 5) is 0. The summed E-state index contributed by atoms with van der Waals surface area (Å²) in [6.45, 7) is 1.53. The van der Waals surface area contributed by atoms with Crippen molar-refractivity contribution in [2.24, 2.45) is 0 Å². The second-order valence-electron chi connectivity index (χ2n) is 1.47. The Morgan fingerprint density at radius 3 is 2.60 bits per heavy atom. The molecule has 0 fully saturated rings. The minimum atomic E-state index is -4.24. The minimum absolute atomic E-state index is 0.0142. The van der Waals surface area contributed by atoms with Gasteiger partial charge >= 0.3 is 7.68 Å². The third-order valence-electron chi connectivity index (χ3n) is 0.742. The highest BCUT2D eigenvalue weighted by Gasteiger charge is 2.32. The monoisotopic (exact) mass is 190 g/mol. The van der Waals surface area contributed by atoms with Crippen molar-refractivity contribution in [2.45, 2.75) is 12.2 Å². The molecule has 0 radical (unpaired) electrons. The van der Waals surface area contributed by atoms with E-state index in [1.54, 1.807) is 0 Å². The topological polar surface area (TPSA) is 35.5 Å². The first-order valence-electron chi connectivity index (χ1n) is 2.65. The maximum Gasteiger partial charge on any atom is 0.410 e. The quantitative estimate of drug-likeness (QED) is 0.504. The van der Waals surface area contributed by atoms with E-state index in [9.17, 15) is 8.76 Å². The first kappa shape index (κ1) is 10.4. The van der Waals surface area contributed by atoms with Gasteiger partial charge in [0.15, 0.2) is 0 Å². The Balaban J connectivity index is 3.97. The molecule has 0 spiro atoms. The average Bonchev–Trinajstić information content (AvgIpc) is 1.86. The van der Waals surface area contributed by atoms with E-state index < -0.39 is 13.0 Å². The SMILES string of the molecule is CCOP(=O)(F)C(Cl)OC. The molecule has 0 N–H and O–H groups in total. The highest BCUT2D eigenvalue weighted by atomic mass is 35.5. The van der Waals surface area contributed by atoms with Crippen molar-refractivity contribution in [3.05, 3.63) is 0 Å². The van der Waals surface area contributed by atoms with Crippen LogP contribution in [0.25, 0.3) is 0 Å². The molecule has 0 heterocycles. The predicted octanol–water partition coefficient (Wildman–Crippen LogP) is 2.35. The van der Waals surface area contributed by atoms with Gasteiger partial charge < -0.3 is 9.26 Å². The van der Waals surface area contributed by atoms with Crippen LogP contribution < -0.4 is 0 Å². The van der Waals surface area contributed by atoms with Crippen LogP contribution in [0.1, 0.15) is 6.92 Å². The molecule has 62 valence electrons. The van der Waals surface area contributed by atoms with Crippen molar-refractivity contribution in [1.29, 1.82) is 0 Å². The number of ether oxygens (including phenoxy) is 1. The van der Waals surface area contributed by atoms with Crippen molar-refractivity contribution in [1.82, 2.24) is 0 Å². The molecular weight excluding hydrogens is 181 g/mol. The Bertz CT molecular complexity index is 142. The van der Waals surface area contributed by atoms with Gasteiger partial charge in [0.25, 0.3) is 0 Å². The fourth-order valence-corrected chi connectivity index (χ4v) is 1.25. The lowest BCUT2D eigenvalue weighted by Crippen LogP contribution is -2.02. The molecule has 10 heavy (non-hydrogen) atoms. The van der Waals surface area contributed by atoms with Gasteiger partial charge in [-0.1, -0.05) is 11.6 Å². The number of methoxy groups -OCH3 is 1. The van der Waals surface area contributed by atoms with E-state index in [1.807, 2.05) is 0 Å². The second-order valence-corrected chi connectivity index (χ2v) is 3.94. The summed E-state index contributed by atoms with van der Waals surface area (Å²) < 4.78 is 31.6. The average molecular weight is 191 g/mol. The van der Waals surface area contributed by atoms with Crippen molar-refractivity contribution in [3.63, 3.8) is 0 Å². The highest BCUT2D eigenvalue weighted by Crippen LogP contribution is 2.55. The summed E-state index contributed by atoms with van der Waals surface area (Å²) in [5.74, 6) is 0. The molecule has 0 rings (SSSR count). The van der Waals surface area contributed by atoms with Crippen molar-refractivity contribution in [3.8, 4) is 0 Å². The molecule has 0 amide bonds. The zero-order valence-corrected chi connectivity index (χ0v) is 7.36. The van der Waals surface area contributed by atoms with Gasteiger partial charge in [-0.15, -0.1) is 0 Å². The van der Waals surface area contributed by atoms with E-state index in [0.29, 0.717) is 0 Å². The predicted molar refractivity (Wildman–Crippen MR) is 37.0 cm³/mol. The number of rotatable bonds is 4. The van der Waals surface area contributed by atoms with Crippen LogP contribution in [-0.2, 0) is 13.8 Å². The van der Waals surface area contributed by atoms with Crippen LogP contribution in [-0.4, -0.2) is 19.0 Å². The van der Waals surface area contributed by atoms with Gasteiger partial charge in [0.1, 0.15) is 0 Å². The lowest BCUT2D eigenvalue weighted by atomic mass is 10.9. The van der Waals surface area contributed by atoms with Crippen LogP contribution in [0.5, 0.6) is 0 Å². The van der Waals surface area contributed by atoms with Crippen LogP contribution in [0.4, 0.5) is 4.20 Å². The maximum atomic E-state index is 12.6. The van der Waals surface area contributed by atoms with Crippen LogP contribution in [0.15, 0.2) is 0 Å². The lowest BCUT2D eigenvalue weighted by Gasteiger charge is -2.11. The van der Waals surface area contributed by atoms with E-state index in [1.165, 1.54) is 6.92 Å². The molecule has 6 heteroatoms. The van der Waals surface area contributed by atoms with Gasteiger partial charge in [0.05, 0.1) is 6.61 Å². The van der Waals surface area contributed by atoms with Crippen LogP contribution >= 0.6 is 19.3 Å². The van der Waals surface area contributed by atoms with Gasteiger partial charge in [-0.2, -0.15) is 4.20 Å². The summed E-state index contributed by atoms with van der Waals surface area (Å²) in [5.41, 5.74) is 0. The number of alkyl halides is 1. The van der Waals surface area contributed by atoms with Crippen LogP contribution in [0, 0.1) is 0 Å². The van der Waals surface area contributed by atoms with Crippen molar-refractivity contribution < 1.29 is 18.0 Å². The fraction of sp³-hybridized carbons (Fsp3) is 1.00. The van der Waals surface area contributed by atoms with Crippen LogP contribution in [0.2, 0.25) is 0 Å². The summed E-state index contributed by atoms with van der Waals surface area (Å²) >= 11 is 5.15.